The molecule has 1 atom stereocenters. The van der Waals surface area contributed by atoms with Gasteiger partial charge in [0.2, 0.25) is 5.91 Å². The number of benzene rings is 2. The molecule has 0 spiro atoms. The summed E-state index contributed by atoms with van der Waals surface area (Å²) in [6.07, 6.45) is 2.01. The summed E-state index contributed by atoms with van der Waals surface area (Å²) in [5.41, 5.74) is 3.37. The number of amides is 1. The van der Waals surface area contributed by atoms with Crippen LogP contribution >= 0.6 is 0 Å². The molecule has 0 bridgehead atoms. The van der Waals surface area contributed by atoms with Gasteiger partial charge < -0.3 is 14.2 Å². The van der Waals surface area contributed by atoms with E-state index in [4.69, 9.17) is 9.72 Å². The van der Waals surface area contributed by atoms with E-state index in [9.17, 15) is 4.79 Å². The zero-order valence-electron chi connectivity index (χ0n) is 21.2. The number of piperidine rings is 1. The molecule has 1 fully saturated rings. The average molecular weight is 463 g/mol. The van der Waals surface area contributed by atoms with E-state index < -0.39 is 0 Å². The van der Waals surface area contributed by atoms with Crippen LogP contribution in [0.5, 0.6) is 5.75 Å². The lowest BCUT2D eigenvalue weighted by Crippen LogP contribution is -2.49. The van der Waals surface area contributed by atoms with E-state index in [0.29, 0.717) is 5.91 Å². The van der Waals surface area contributed by atoms with Gasteiger partial charge in [0.15, 0.2) is 0 Å². The lowest BCUT2D eigenvalue weighted by molar-refractivity contribution is -0.141. The minimum absolute atomic E-state index is 0.0537. The van der Waals surface area contributed by atoms with Crippen molar-refractivity contribution in [3.8, 4) is 5.75 Å². The third kappa shape index (κ3) is 5.27. The Morgan fingerprint density at radius 2 is 1.76 bits per heavy atom. The SMILES string of the molecule is COc1ccc(Cn2c(CN3CCC[C@H](C(=O)N(C(C)C)C(C)C)C3)nc3ccccc32)cc1. The van der Waals surface area contributed by atoms with E-state index in [2.05, 4.69) is 67.5 Å². The monoisotopic (exact) mass is 462 g/mol. The highest BCUT2D eigenvalue weighted by molar-refractivity contribution is 5.80. The fourth-order valence-electron chi connectivity index (χ4n) is 5.25. The van der Waals surface area contributed by atoms with Crippen molar-refractivity contribution in [1.29, 1.82) is 0 Å². The van der Waals surface area contributed by atoms with Crippen molar-refractivity contribution in [2.24, 2.45) is 5.92 Å². The van der Waals surface area contributed by atoms with Gasteiger partial charge in [0, 0.05) is 25.2 Å². The van der Waals surface area contributed by atoms with E-state index in [1.54, 1.807) is 7.11 Å². The number of carbonyl (C=O) groups is 1. The van der Waals surface area contributed by atoms with Crippen molar-refractivity contribution >= 4 is 16.9 Å². The van der Waals surface area contributed by atoms with Crippen LogP contribution in [0.15, 0.2) is 48.5 Å². The van der Waals surface area contributed by atoms with Gasteiger partial charge in [-0.1, -0.05) is 24.3 Å². The topological polar surface area (TPSA) is 50.6 Å². The Morgan fingerprint density at radius 1 is 1.06 bits per heavy atom. The van der Waals surface area contributed by atoms with Crippen LogP contribution in [0.2, 0.25) is 0 Å². The molecule has 34 heavy (non-hydrogen) atoms. The highest BCUT2D eigenvalue weighted by Gasteiger charge is 2.32. The first-order chi connectivity index (χ1) is 16.4. The zero-order chi connectivity index (χ0) is 24.2. The molecule has 1 aliphatic heterocycles. The van der Waals surface area contributed by atoms with E-state index in [1.807, 2.05) is 23.1 Å². The van der Waals surface area contributed by atoms with Gasteiger partial charge in [-0.25, -0.2) is 4.98 Å². The second kappa shape index (κ2) is 10.6. The first-order valence-electron chi connectivity index (χ1n) is 12.5. The molecule has 0 aliphatic carbocycles. The van der Waals surface area contributed by atoms with E-state index in [1.165, 1.54) is 5.56 Å². The molecule has 0 saturated carbocycles. The summed E-state index contributed by atoms with van der Waals surface area (Å²) in [7, 11) is 1.69. The Balaban J connectivity index is 1.55. The Morgan fingerprint density at radius 3 is 2.44 bits per heavy atom. The summed E-state index contributed by atoms with van der Waals surface area (Å²) in [6, 6.07) is 17.0. The van der Waals surface area contributed by atoms with Gasteiger partial charge in [-0.05, 0) is 76.9 Å². The Kier molecular flexibility index (Phi) is 7.57. The standard InChI is InChI=1S/C28H38N4O2/c1-20(2)32(21(3)4)28(33)23-9-8-16-30(18-23)19-27-29-25-10-6-7-11-26(25)31(27)17-22-12-14-24(34-5)15-13-22/h6-7,10-15,20-21,23H,8-9,16-19H2,1-5H3/t23-/m0/s1. The van der Waals surface area contributed by atoms with Gasteiger partial charge in [0.05, 0.1) is 30.6 Å². The average Bonchev–Trinajstić information content (AvgIpc) is 3.16. The number of para-hydroxylation sites is 2. The van der Waals surface area contributed by atoms with Crippen molar-refractivity contribution in [1.82, 2.24) is 19.4 Å². The third-order valence-electron chi connectivity index (χ3n) is 6.82. The number of carbonyl (C=O) groups excluding carboxylic acids is 1. The fraction of sp³-hybridized carbons (Fsp3) is 0.500. The first kappa shape index (κ1) is 24.3. The summed E-state index contributed by atoms with van der Waals surface area (Å²) < 4.78 is 7.63. The second-order valence-corrected chi connectivity index (χ2v) is 9.96. The summed E-state index contributed by atoms with van der Waals surface area (Å²) in [5.74, 6) is 2.26. The summed E-state index contributed by atoms with van der Waals surface area (Å²) in [6.45, 7) is 11.7. The maximum Gasteiger partial charge on any atom is 0.227 e. The molecule has 0 unspecified atom stereocenters. The van der Waals surface area contributed by atoms with Crippen LogP contribution in [0.4, 0.5) is 0 Å². The Hall–Kier alpha value is -2.86. The molecule has 1 aromatic heterocycles. The third-order valence-corrected chi connectivity index (χ3v) is 6.82. The Labute approximate surface area is 203 Å². The quantitative estimate of drug-likeness (QED) is 0.475. The molecule has 2 heterocycles. The number of likely N-dealkylation sites (tertiary alicyclic amines) is 1. The molecular formula is C28H38N4O2. The predicted molar refractivity (Wildman–Crippen MR) is 137 cm³/mol. The molecule has 1 amide bonds. The van der Waals surface area contributed by atoms with Gasteiger partial charge in [-0.2, -0.15) is 0 Å². The number of rotatable bonds is 8. The predicted octanol–water partition coefficient (Wildman–Crippen LogP) is 4.95. The van der Waals surface area contributed by atoms with Crippen molar-refractivity contribution in [2.45, 2.75) is 65.7 Å². The maximum absolute atomic E-state index is 13.3. The number of ether oxygens (including phenoxy) is 1. The molecule has 6 nitrogen and oxygen atoms in total. The maximum atomic E-state index is 13.3. The zero-order valence-corrected chi connectivity index (χ0v) is 21.2. The minimum Gasteiger partial charge on any atom is -0.497 e. The minimum atomic E-state index is 0.0537. The van der Waals surface area contributed by atoms with Gasteiger partial charge in [0.1, 0.15) is 11.6 Å². The van der Waals surface area contributed by atoms with Gasteiger partial charge in [0.25, 0.3) is 0 Å². The number of nitrogens with zero attached hydrogens (tertiary/aromatic N) is 4. The van der Waals surface area contributed by atoms with Crippen LogP contribution in [-0.4, -0.2) is 57.5 Å². The van der Waals surface area contributed by atoms with E-state index in [0.717, 1.165) is 61.6 Å². The molecular weight excluding hydrogens is 424 g/mol. The van der Waals surface area contributed by atoms with Crippen LogP contribution in [0.3, 0.4) is 0 Å². The molecule has 1 saturated heterocycles. The van der Waals surface area contributed by atoms with Crippen LogP contribution in [-0.2, 0) is 17.9 Å². The van der Waals surface area contributed by atoms with Crippen molar-refractivity contribution < 1.29 is 9.53 Å². The van der Waals surface area contributed by atoms with Gasteiger partial charge in [-0.15, -0.1) is 0 Å². The molecule has 2 aromatic carbocycles. The molecule has 4 rings (SSSR count). The number of hydrogen-bond donors (Lipinski definition) is 0. The van der Waals surface area contributed by atoms with Crippen LogP contribution in [0.25, 0.3) is 11.0 Å². The molecule has 0 radical (unpaired) electrons. The van der Waals surface area contributed by atoms with Crippen molar-refractivity contribution in [2.75, 3.05) is 20.2 Å². The number of imidazole rings is 1. The number of fused-ring (bicyclic) bond motifs is 1. The summed E-state index contributed by atoms with van der Waals surface area (Å²) >= 11 is 0. The fourth-order valence-corrected chi connectivity index (χ4v) is 5.25. The smallest absolute Gasteiger partial charge is 0.227 e. The molecule has 3 aromatic rings. The molecule has 6 heteroatoms. The number of aromatic nitrogens is 2. The normalized spacial score (nSPS) is 17.0. The molecule has 182 valence electrons. The lowest BCUT2D eigenvalue weighted by Gasteiger charge is -2.38. The van der Waals surface area contributed by atoms with Crippen molar-refractivity contribution in [3.05, 3.63) is 59.9 Å². The number of hydrogen-bond acceptors (Lipinski definition) is 4. The molecule has 0 N–H and O–H groups in total. The summed E-state index contributed by atoms with van der Waals surface area (Å²) in [4.78, 5) is 22.8. The Bertz CT molecular complexity index is 1100. The first-order valence-corrected chi connectivity index (χ1v) is 12.5. The van der Waals surface area contributed by atoms with Crippen LogP contribution in [0.1, 0.15) is 51.9 Å². The summed E-state index contributed by atoms with van der Waals surface area (Å²) in [5, 5.41) is 0. The lowest BCUT2D eigenvalue weighted by atomic mass is 9.95. The van der Waals surface area contributed by atoms with Gasteiger partial charge >= 0.3 is 0 Å². The van der Waals surface area contributed by atoms with Crippen LogP contribution < -0.4 is 4.74 Å². The second-order valence-electron chi connectivity index (χ2n) is 9.96. The highest BCUT2D eigenvalue weighted by Crippen LogP contribution is 2.25. The van der Waals surface area contributed by atoms with Crippen molar-refractivity contribution in [3.63, 3.8) is 0 Å². The van der Waals surface area contributed by atoms with E-state index >= 15 is 0 Å². The van der Waals surface area contributed by atoms with E-state index in [-0.39, 0.29) is 18.0 Å². The van der Waals surface area contributed by atoms with Crippen LogP contribution in [0, 0.1) is 5.92 Å². The van der Waals surface area contributed by atoms with Gasteiger partial charge in [-0.3, -0.25) is 9.69 Å². The number of methoxy groups -OCH3 is 1. The molecule has 1 aliphatic rings. The largest absolute Gasteiger partial charge is 0.497 e. The highest BCUT2D eigenvalue weighted by atomic mass is 16.5.